The number of hydrazine groups is 1. The second kappa shape index (κ2) is 7.28. The molecule has 0 spiro atoms. The first-order chi connectivity index (χ1) is 9.03. The van der Waals surface area contributed by atoms with Gasteiger partial charge in [-0.05, 0) is 26.2 Å². The maximum absolute atomic E-state index is 5.53. The molecule has 0 amide bonds. The Kier molecular flexibility index (Phi) is 6.02. The Balaban J connectivity index is 3.00. The first-order valence-electron chi connectivity index (χ1n) is 7.14. The number of rotatable bonds is 7. The number of hydrogen-bond acceptors (Lipinski definition) is 5. The average Bonchev–Trinajstić information content (AvgIpc) is 2.41. The highest BCUT2D eigenvalue weighted by Gasteiger charge is 2.15. The van der Waals surface area contributed by atoms with Crippen LogP contribution < -0.4 is 16.6 Å². The van der Waals surface area contributed by atoms with Gasteiger partial charge in [0, 0.05) is 18.0 Å². The van der Waals surface area contributed by atoms with Gasteiger partial charge in [-0.2, -0.15) is 0 Å². The zero-order valence-corrected chi connectivity index (χ0v) is 12.7. The first kappa shape index (κ1) is 15.7. The maximum atomic E-state index is 5.53. The lowest BCUT2D eigenvalue weighted by atomic mass is 10.0. The van der Waals surface area contributed by atoms with Crippen molar-refractivity contribution in [3.63, 3.8) is 0 Å². The normalized spacial score (nSPS) is 14.0. The highest BCUT2D eigenvalue weighted by molar-refractivity contribution is 5.57. The summed E-state index contributed by atoms with van der Waals surface area (Å²) in [5, 5.41) is 3.49. The van der Waals surface area contributed by atoms with Crippen molar-refractivity contribution >= 4 is 11.6 Å². The molecule has 0 aliphatic rings. The van der Waals surface area contributed by atoms with Crippen molar-refractivity contribution in [2.75, 3.05) is 10.7 Å². The molecule has 1 heterocycles. The molecule has 0 saturated heterocycles. The molecule has 1 rings (SSSR count). The highest BCUT2D eigenvalue weighted by atomic mass is 15.3. The van der Waals surface area contributed by atoms with Gasteiger partial charge in [-0.15, -0.1) is 0 Å². The largest absolute Gasteiger partial charge is 0.367 e. The number of nitrogens with two attached hydrogens (primary N) is 1. The molecule has 0 radical (unpaired) electrons. The van der Waals surface area contributed by atoms with Gasteiger partial charge in [0.05, 0.1) is 0 Å². The topological polar surface area (TPSA) is 75.9 Å². The van der Waals surface area contributed by atoms with Crippen molar-refractivity contribution in [1.29, 1.82) is 0 Å². The van der Waals surface area contributed by atoms with Crippen LogP contribution in [0.15, 0.2) is 0 Å². The summed E-state index contributed by atoms with van der Waals surface area (Å²) in [6.45, 7) is 10.7. The van der Waals surface area contributed by atoms with E-state index in [0.717, 1.165) is 36.5 Å². The number of anilines is 2. The van der Waals surface area contributed by atoms with E-state index in [0.29, 0.717) is 17.8 Å². The van der Waals surface area contributed by atoms with Crippen molar-refractivity contribution in [2.45, 2.75) is 59.9 Å². The Hall–Kier alpha value is -1.36. The van der Waals surface area contributed by atoms with E-state index >= 15 is 0 Å². The van der Waals surface area contributed by atoms with Crippen LogP contribution in [0, 0.1) is 12.8 Å². The zero-order chi connectivity index (χ0) is 14.4. The molecule has 108 valence electrons. The van der Waals surface area contributed by atoms with Gasteiger partial charge in [0.15, 0.2) is 0 Å². The molecule has 5 heteroatoms. The van der Waals surface area contributed by atoms with E-state index in [2.05, 4.69) is 48.4 Å². The molecule has 1 aromatic heterocycles. The lowest BCUT2D eigenvalue weighted by Crippen LogP contribution is -2.25. The third kappa shape index (κ3) is 4.06. The molecule has 2 atom stereocenters. The smallest absolute Gasteiger partial charge is 0.148 e. The van der Waals surface area contributed by atoms with E-state index < -0.39 is 0 Å². The number of nitrogens with one attached hydrogen (secondary N) is 2. The number of nitrogens with zero attached hydrogens (tertiary/aromatic N) is 2. The second-order valence-corrected chi connectivity index (χ2v) is 5.17. The predicted octanol–water partition coefficient (Wildman–Crippen LogP) is 2.87. The molecular formula is C14H27N5. The fourth-order valence-electron chi connectivity index (χ4n) is 1.89. The predicted molar refractivity (Wildman–Crippen MR) is 81.1 cm³/mol. The Bertz CT molecular complexity index is 405. The van der Waals surface area contributed by atoms with Crippen molar-refractivity contribution < 1.29 is 0 Å². The van der Waals surface area contributed by atoms with Gasteiger partial charge in [0.25, 0.3) is 0 Å². The first-order valence-corrected chi connectivity index (χ1v) is 7.14. The lowest BCUT2D eigenvalue weighted by molar-refractivity contribution is 0.493. The Morgan fingerprint density at radius 3 is 2.32 bits per heavy atom. The van der Waals surface area contributed by atoms with Crippen LogP contribution in [0.25, 0.3) is 0 Å². The Labute approximate surface area is 116 Å². The molecule has 0 fully saturated rings. The van der Waals surface area contributed by atoms with Crippen molar-refractivity contribution in [1.82, 2.24) is 9.97 Å². The van der Waals surface area contributed by atoms with Crippen LogP contribution in [-0.2, 0) is 6.42 Å². The van der Waals surface area contributed by atoms with Gasteiger partial charge >= 0.3 is 0 Å². The van der Waals surface area contributed by atoms with Gasteiger partial charge in [-0.3, -0.25) is 0 Å². The fraction of sp³-hybridized carbons (Fsp3) is 0.714. The molecule has 0 aliphatic carbocycles. The van der Waals surface area contributed by atoms with Crippen molar-refractivity contribution in [2.24, 2.45) is 11.8 Å². The number of aromatic nitrogens is 2. The lowest BCUT2D eigenvalue weighted by Gasteiger charge is -2.22. The quantitative estimate of drug-likeness (QED) is 0.522. The SMILES string of the molecule is CCCc1nc(NN)c(C)c(NC(C)C(C)CC)n1. The van der Waals surface area contributed by atoms with Gasteiger partial charge in [-0.1, -0.05) is 27.2 Å². The Morgan fingerprint density at radius 1 is 1.16 bits per heavy atom. The molecule has 0 aliphatic heterocycles. The van der Waals surface area contributed by atoms with E-state index in [1.54, 1.807) is 0 Å². The summed E-state index contributed by atoms with van der Waals surface area (Å²) in [7, 11) is 0. The van der Waals surface area contributed by atoms with Crippen LogP contribution in [0.1, 0.15) is 51.9 Å². The van der Waals surface area contributed by atoms with E-state index in [1.807, 2.05) is 6.92 Å². The van der Waals surface area contributed by atoms with E-state index in [9.17, 15) is 0 Å². The molecule has 1 aromatic rings. The average molecular weight is 265 g/mol. The van der Waals surface area contributed by atoms with Gasteiger partial charge < -0.3 is 10.7 Å². The van der Waals surface area contributed by atoms with Crippen LogP contribution in [0.4, 0.5) is 11.6 Å². The van der Waals surface area contributed by atoms with E-state index in [-0.39, 0.29) is 0 Å². The minimum absolute atomic E-state index is 0.374. The number of nitrogen functional groups attached to an aromatic ring is 1. The highest BCUT2D eigenvalue weighted by Crippen LogP contribution is 2.22. The summed E-state index contributed by atoms with van der Waals surface area (Å²) < 4.78 is 0. The minimum atomic E-state index is 0.374. The second-order valence-electron chi connectivity index (χ2n) is 5.17. The van der Waals surface area contributed by atoms with Crippen molar-refractivity contribution in [3.8, 4) is 0 Å². The van der Waals surface area contributed by atoms with Crippen LogP contribution in [0.2, 0.25) is 0 Å². The van der Waals surface area contributed by atoms with Gasteiger partial charge in [0.1, 0.15) is 17.5 Å². The van der Waals surface area contributed by atoms with Crippen LogP contribution in [-0.4, -0.2) is 16.0 Å². The van der Waals surface area contributed by atoms with Crippen molar-refractivity contribution in [3.05, 3.63) is 11.4 Å². The summed E-state index contributed by atoms with van der Waals surface area (Å²) >= 11 is 0. The molecular weight excluding hydrogens is 238 g/mol. The summed E-state index contributed by atoms with van der Waals surface area (Å²) in [4.78, 5) is 9.04. The zero-order valence-electron chi connectivity index (χ0n) is 12.7. The van der Waals surface area contributed by atoms with Crippen LogP contribution in [0.5, 0.6) is 0 Å². The minimum Gasteiger partial charge on any atom is -0.367 e. The Morgan fingerprint density at radius 2 is 1.79 bits per heavy atom. The monoisotopic (exact) mass is 265 g/mol. The van der Waals surface area contributed by atoms with Crippen LogP contribution >= 0.6 is 0 Å². The van der Waals surface area contributed by atoms with Gasteiger partial charge in [-0.25, -0.2) is 15.8 Å². The molecule has 0 bridgehead atoms. The molecule has 0 saturated carbocycles. The molecule has 2 unspecified atom stereocenters. The summed E-state index contributed by atoms with van der Waals surface area (Å²) in [6.07, 6.45) is 3.02. The number of hydrogen-bond donors (Lipinski definition) is 3. The third-order valence-electron chi connectivity index (χ3n) is 3.66. The molecule has 19 heavy (non-hydrogen) atoms. The van der Waals surface area contributed by atoms with E-state index in [1.165, 1.54) is 0 Å². The molecule has 4 N–H and O–H groups in total. The summed E-state index contributed by atoms with van der Waals surface area (Å²) in [5.41, 5.74) is 3.63. The maximum Gasteiger partial charge on any atom is 0.148 e. The van der Waals surface area contributed by atoms with Crippen LogP contribution in [0.3, 0.4) is 0 Å². The fourth-order valence-corrected chi connectivity index (χ4v) is 1.89. The summed E-state index contributed by atoms with van der Waals surface area (Å²) in [6, 6.07) is 0.374. The molecule has 0 aromatic carbocycles. The van der Waals surface area contributed by atoms with E-state index in [4.69, 9.17) is 5.84 Å². The summed E-state index contributed by atoms with van der Waals surface area (Å²) in [5.74, 6) is 8.56. The van der Waals surface area contributed by atoms with Gasteiger partial charge in [0.2, 0.25) is 0 Å². The molecule has 5 nitrogen and oxygen atoms in total. The standard InChI is InChI=1S/C14H27N5/c1-6-8-12-17-13(10(4)14(18-12)19-15)16-11(5)9(3)7-2/h9,11H,6-8,15H2,1-5H3,(H2,16,17,18,19). The number of aryl methyl sites for hydroxylation is 1. The third-order valence-corrected chi connectivity index (χ3v) is 3.66.